The Morgan fingerprint density at radius 1 is 0.964 bits per heavy atom. The highest BCUT2D eigenvalue weighted by molar-refractivity contribution is 5.95. The molecule has 6 heteroatoms. The molecule has 1 heterocycles. The highest BCUT2D eigenvalue weighted by atomic mass is 16.2. The number of carbonyl (C=O) groups excluding carboxylic acids is 2. The van der Waals surface area contributed by atoms with Gasteiger partial charge in [-0.1, -0.05) is 30.3 Å². The van der Waals surface area contributed by atoms with Crippen LogP contribution in [-0.2, 0) is 11.3 Å². The zero-order valence-corrected chi connectivity index (χ0v) is 15.6. The van der Waals surface area contributed by atoms with Crippen LogP contribution in [0.25, 0.3) is 11.3 Å². The molecule has 2 aromatic carbocycles. The number of nitrogens with one attached hydrogen (secondary N) is 1. The molecule has 0 saturated heterocycles. The molecule has 142 valence electrons. The average molecular weight is 375 g/mol. The second-order valence-electron chi connectivity index (χ2n) is 6.43. The van der Waals surface area contributed by atoms with Crippen molar-refractivity contribution in [3.8, 4) is 11.3 Å². The Hall–Kier alpha value is -3.54. The van der Waals surface area contributed by atoms with E-state index in [-0.39, 0.29) is 23.7 Å². The summed E-state index contributed by atoms with van der Waals surface area (Å²) in [7, 11) is 0. The third-order valence-electron chi connectivity index (χ3n) is 4.29. The molecule has 0 aliphatic heterocycles. The largest absolute Gasteiger partial charge is 0.326 e. The molecule has 1 aromatic heterocycles. The number of Topliss-reactive ketones (excluding diaryl/α,β-unsaturated/α-hetero) is 1. The fourth-order valence-corrected chi connectivity index (χ4v) is 2.77. The predicted molar refractivity (Wildman–Crippen MR) is 108 cm³/mol. The minimum Gasteiger partial charge on any atom is -0.326 e. The number of carbonyl (C=O) groups is 2. The van der Waals surface area contributed by atoms with Gasteiger partial charge in [0.2, 0.25) is 5.91 Å². The molecule has 6 nitrogen and oxygen atoms in total. The van der Waals surface area contributed by atoms with Crippen LogP contribution in [-0.4, -0.2) is 21.5 Å². The summed E-state index contributed by atoms with van der Waals surface area (Å²) in [6.45, 7) is 1.85. The third kappa shape index (κ3) is 5.01. The zero-order chi connectivity index (χ0) is 19.9. The molecule has 0 spiro atoms. The summed E-state index contributed by atoms with van der Waals surface area (Å²) in [4.78, 5) is 35.4. The highest BCUT2D eigenvalue weighted by Crippen LogP contribution is 2.14. The van der Waals surface area contributed by atoms with Gasteiger partial charge < -0.3 is 5.32 Å². The van der Waals surface area contributed by atoms with Crippen LogP contribution < -0.4 is 10.9 Å². The first-order valence-corrected chi connectivity index (χ1v) is 9.07. The molecule has 0 aliphatic carbocycles. The lowest BCUT2D eigenvalue weighted by molar-refractivity contribution is -0.116. The van der Waals surface area contributed by atoms with Crippen molar-refractivity contribution in [3.05, 3.63) is 82.6 Å². The van der Waals surface area contributed by atoms with Gasteiger partial charge in [0, 0.05) is 35.8 Å². The number of amides is 1. The molecular weight excluding hydrogens is 354 g/mol. The first-order chi connectivity index (χ1) is 13.5. The van der Waals surface area contributed by atoms with Crippen LogP contribution in [0.3, 0.4) is 0 Å². The molecule has 3 aromatic rings. The lowest BCUT2D eigenvalue weighted by atomic mass is 10.1. The van der Waals surface area contributed by atoms with Gasteiger partial charge in [-0.3, -0.25) is 14.4 Å². The monoisotopic (exact) mass is 375 g/mol. The fraction of sp³-hybridized carbons (Fsp3) is 0.182. The van der Waals surface area contributed by atoms with Crippen molar-refractivity contribution in [2.45, 2.75) is 26.3 Å². The van der Waals surface area contributed by atoms with E-state index >= 15 is 0 Å². The molecule has 0 aliphatic rings. The quantitative estimate of drug-likeness (QED) is 0.641. The molecule has 0 radical (unpaired) electrons. The molecule has 28 heavy (non-hydrogen) atoms. The second-order valence-corrected chi connectivity index (χ2v) is 6.43. The van der Waals surface area contributed by atoms with Crippen LogP contribution in [0.2, 0.25) is 0 Å². The van der Waals surface area contributed by atoms with Gasteiger partial charge in [-0.25, -0.2) is 4.68 Å². The smallest absolute Gasteiger partial charge is 0.266 e. The first-order valence-electron chi connectivity index (χ1n) is 9.07. The maximum Gasteiger partial charge on any atom is 0.266 e. The van der Waals surface area contributed by atoms with E-state index in [1.54, 1.807) is 30.3 Å². The van der Waals surface area contributed by atoms with Gasteiger partial charge in [0.1, 0.15) is 0 Å². The van der Waals surface area contributed by atoms with Crippen LogP contribution in [0.1, 0.15) is 30.1 Å². The van der Waals surface area contributed by atoms with Gasteiger partial charge in [-0.05, 0) is 43.7 Å². The van der Waals surface area contributed by atoms with Crippen molar-refractivity contribution < 1.29 is 9.59 Å². The molecular formula is C22H21N3O3. The summed E-state index contributed by atoms with van der Waals surface area (Å²) >= 11 is 0. The summed E-state index contributed by atoms with van der Waals surface area (Å²) in [5, 5.41) is 7.18. The normalized spacial score (nSPS) is 10.5. The van der Waals surface area contributed by atoms with Crippen molar-refractivity contribution in [1.82, 2.24) is 9.78 Å². The molecule has 3 rings (SSSR count). The number of rotatable bonds is 7. The molecule has 0 fully saturated rings. The van der Waals surface area contributed by atoms with Crippen molar-refractivity contribution >= 4 is 17.4 Å². The van der Waals surface area contributed by atoms with Crippen LogP contribution in [0.5, 0.6) is 0 Å². The number of aryl methyl sites for hydroxylation is 1. The summed E-state index contributed by atoms with van der Waals surface area (Å²) in [6.07, 6.45) is 0.751. The van der Waals surface area contributed by atoms with Gasteiger partial charge in [0.15, 0.2) is 5.78 Å². The van der Waals surface area contributed by atoms with Crippen molar-refractivity contribution in [2.24, 2.45) is 0 Å². The second kappa shape index (κ2) is 8.90. The molecule has 0 bridgehead atoms. The molecule has 0 saturated carbocycles. The standard InChI is InChI=1S/C22H21N3O3/c1-16(26)17-9-11-19(12-10-17)23-21(27)8-5-15-25-22(28)14-13-20(24-25)18-6-3-2-4-7-18/h2-4,6-7,9-14H,5,8,15H2,1H3,(H,23,27). The van der Waals surface area contributed by atoms with Crippen LogP contribution in [0.15, 0.2) is 71.5 Å². The van der Waals surface area contributed by atoms with Gasteiger partial charge in [-0.2, -0.15) is 5.10 Å². The topological polar surface area (TPSA) is 81.1 Å². The SMILES string of the molecule is CC(=O)c1ccc(NC(=O)CCCn2nc(-c3ccccc3)ccc2=O)cc1. The van der Waals surface area contributed by atoms with Gasteiger partial charge in [0.25, 0.3) is 5.56 Å². The predicted octanol–water partition coefficient (Wildman–Crippen LogP) is 3.53. The van der Waals surface area contributed by atoms with Gasteiger partial charge >= 0.3 is 0 Å². The molecule has 0 unspecified atom stereocenters. The van der Waals surface area contributed by atoms with E-state index in [0.29, 0.717) is 24.2 Å². The number of anilines is 1. The van der Waals surface area contributed by atoms with E-state index < -0.39 is 0 Å². The highest BCUT2D eigenvalue weighted by Gasteiger charge is 2.06. The van der Waals surface area contributed by atoms with Gasteiger partial charge in [-0.15, -0.1) is 0 Å². The minimum atomic E-state index is -0.195. The number of hydrogen-bond donors (Lipinski definition) is 1. The first kappa shape index (κ1) is 19.2. The summed E-state index contributed by atoms with van der Waals surface area (Å²) in [5.41, 5.74) is 2.69. The Labute approximate surface area is 162 Å². The van der Waals surface area contributed by atoms with E-state index in [1.165, 1.54) is 17.7 Å². The Bertz CT molecular complexity index is 1020. The summed E-state index contributed by atoms with van der Waals surface area (Å²) in [6, 6.07) is 19.6. The van der Waals surface area contributed by atoms with E-state index in [4.69, 9.17) is 0 Å². The number of ketones is 1. The van der Waals surface area contributed by atoms with E-state index in [1.807, 2.05) is 30.3 Å². The number of aromatic nitrogens is 2. The van der Waals surface area contributed by atoms with Crippen LogP contribution in [0.4, 0.5) is 5.69 Å². The Morgan fingerprint density at radius 3 is 2.36 bits per heavy atom. The molecule has 1 amide bonds. The Balaban J connectivity index is 1.56. The Kier molecular flexibility index (Phi) is 6.11. The number of hydrogen-bond acceptors (Lipinski definition) is 4. The molecule has 1 N–H and O–H groups in total. The van der Waals surface area contributed by atoms with E-state index in [2.05, 4.69) is 10.4 Å². The van der Waals surface area contributed by atoms with Crippen LogP contribution in [0, 0.1) is 0 Å². The van der Waals surface area contributed by atoms with Crippen molar-refractivity contribution in [2.75, 3.05) is 5.32 Å². The number of nitrogens with zero attached hydrogens (tertiary/aromatic N) is 2. The van der Waals surface area contributed by atoms with E-state index in [0.717, 1.165) is 11.3 Å². The van der Waals surface area contributed by atoms with Crippen molar-refractivity contribution in [3.63, 3.8) is 0 Å². The van der Waals surface area contributed by atoms with Gasteiger partial charge in [0.05, 0.1) is 5.69 Å². The Morgan fingerprint density at radius 2 is 1.68 bits per heavy atom. The number of benzene rings is 2. The minimum absolute atomic E-state index is 0.0199. The average Bonchev–Trinajstić information content (AvgIpc) is 2.70. The van der Waals surface area contributed by atoms with Crippen molar-refractivity contribution in [1.29, 1.82) is 0 Å². The molecule has 0 atom stereocenters. The van der Waals surface area contributed by atoms with Crippen LogP contribution >= 0.6 is 0 Å². The zero-order valence-electron chi connectivity index (χ0n) is 15.6. The van der Waals surface area contributed by atoms with E-state index in [9.17, 15) is 14.4 Å². The summed E-state index contributed by atoms with van der Waals surface area (Å²) in [5.74, 6) is -0.170. The lowest BCUT2D eigenvalue weighted by Crippen LogP contribution is -2.23. The maximum absolute atomic E-state index is 12.1. The third-order valence-corrected chi connectivity index (χ3v) is 4.29. The lowest BCUT2D eigenvalue weighted by Gasteiger charge is -2.08. The fourth-order valence-electron chi connectivity index (χ4n) is 2.77. The summed E-state index contributed by atoms with van der Waals surface area (Å²) < 4.78 is 1.39. The maximum atomic E-state index is 12.1.